The first-order valence-electron chi connectivity index (χ1n) is 9.88. The molecule has 2 aromatic heterocycles. The number of carbonyl (C=O) groups is 1. The van der Waals surface area contributed by atoms with Crippen molar-refractivity contribution in [3.8, 4) is 17.2 Å². The molecule has 1 N–H and O–H groups in total. The van der Waals surface area contributed by atoms with Crippen molar-refractivity contribution in [2.75, 3.05) is 26.6 Å². The molecule has 0 fully saturated rings. The molecule has 10 heteroatoms. The minimum atomic E-state index is -0.199. The van der Waals surface area contributed by atoms with Crippen LogP contribution in [-0.2, 0) is 11.3 Å². The summed E-state index contributed by atoms with van der Waals surface area (Å²) in [5, 5.41) is 3.76. The summed E-state index contributed by atoms with van der Waals surface area (Å²) >= 11 is 1.38. The maximum Gasteiger partial charge on any atom is 0.261 e. The van der Waals surface area contributed by atoms with Crippen LogP contribution >= 0.6 is 11.3 Å². The standard InChI is InChI=1S/C22H22N4O5S/c1-29-15-6-4-7-18-20(15)25-22(32-18)24-19(27)8-5-9-26-12-23-14-11-17(31-3)16(30-2)10-13(14)21(26)28/h4,6-7,10-12H,5,8-9H2,1-3H3,(H,24,25,27). The normalized spacial score (nSPS) is 11.0. The lowest BCUT2D eigenvalue weighted by molar-refractivity contribution is -0.116. The van der Waals surface area contributed by atoms with Crippen LogP contribution in [0, 0.1) is 0 Å². The van der Waals surface area contributed by atoms with Crippen molar-refractivity contribution in [2.24, 2.45) is 0 Å². The molecule has 4 aromatic rings. The largest absolute Gasteiger partial charge is 0.494 e. The number of nitrogens with zero attached hydrogens (tertiary/aromatic N) is 3. The van der Waals surface area contributed by atoms with Gasteiger partial charge in [-0.3, -0.25) is 14.2 Å². The number of aromatic nitrogens is 3. The van der Waals surface area contributed by atoms with Crippen LogP contribution in [0.2, 0.25) is 0 Å². The summed E-state index contributed by atoms with van der Waals surface area (Å²) in [6, 6.07) is 8.92. The Labute approximate surface area is 187 Å². The van der Waals surface area contributed by atoms with Crippen LogP contribution in [0.3, 0.4) is 0 Å². The quantitative estimate of drug-likeness (QED) is 0.435. The van der Waals surface area contributed by atoms with Crippen molar-refractivity contribution in [1.29, 1.82) is 0 Å². The Morgan fingerprint density at radius 1 is 1.09 bits per heavy atom. The number of hydrogen-bond acceptors (Lipinski definition) is 8. The molecular weight excluding hydrogens is 432 g/mol. The van der Waals surface area contributed by atoms with Gasteiger partial charge in [0.15, 0.2) is 16.6 Å². The minimum absolute atomic E-state index is 0.170. The van der Waals surface area contributed by atoms with Crippen LogP contribution in [0.15, 0.2) is 41.5 Å². The van der Waals surface area contributed by atoms with Crippen molar-refractivity contribution in [1.82, 2.24) is 14.5 Å². The number of aryl methyl sites for hydroxylation is 1. The topological polar surface area (TPSA) is 105 Å². The molecule has 0 bridgehead atoms. The number of benzene rings is 2. The van der Waals surface area contributed by atoms with E-state index < -0.39 is 0 Å². The smallest absolute Gasteiger partial charge is 0.261 e. The van der Waals surface area contributed by atoms with Crippen LogP contribution in [-0.4, -0.2) is 41.8 Å². The highest BCUT2D eigenvalue weighted by molar-refractivity contribution is 7.22. The second-order valence-electron chi connectivity index (χ2n) is 6.95. The molecule has 0 aliphatic rings. The summed E-state index contributed by atoms with van der Waals surface area (Å²) in [7, 11) is 4.63. The number of para-hydroxylation sites is 1. The van der Waals surface area contributed by atoms with Gasteiger partial charge in [-0.2, -0.15) is 0 Å². The molecule has 0 saturated heterocycles. The van der Waals surface area contributed by atoms with Crippen LogP contribution in [0.25, 0.3) is 21.1 Å². The van der Waals surface area contributed by atoms with E-state index in [9.17, 15) is 9.59 Å². The Morgan fingerprint density at radius 3 is 2.59 bits per heavy atom. The lowest BCUT2D eigenvalue weighted by Gasteiger charge is -2.10. The van der Waals surface area contributed by atoms with E-state index in [1.54, 1.807) is 19.2 Å². The molecule has 0 radical (unpaired) electrons. The van der Waals surface area contributed by atoms with Crippen molar-refractivity contribution < 1.29 is 19.0 Å². The average molecular weight is 455 g/mol. The van der Waals surface area contributed by atoms with E-state index in [0.717, 1.165) is 10.2 Å². The van der Waals surface area contributed by atoms with Crippen molar-refractivity contribution in [2.45, 2.75) is 19.4 Å². The molecule has 0 aliphatic heterocycles. The van der Waals surface area contributed by atoms with Gasteiger partial charge in [0.25, 0.3) is 5.56 Å². The number of hydrogen-bond donors (Lipinski definition) is 1. The second kappa shape index (κ2) is 9.23. The maximum atomic E-state index is 12.8. The number of nitrogens with one attached hydrogen (secondary N) is 1. The average Bonchev–Trinajstić information content (AvgIpc) is 3.22. The third kappa shape index (κ3) is 4.22. The van der Waals surface area contributed by atoms with E-state index in [2.05, 4.69) is 15.3 Å². The molecule has 166 valence electrons. The summed E-state index contributed by atoms with van der Waals surface area (Å²) in [5.41, 5.74) is 1.04. The zero-order chi connectivity index (χ0) is 22.7. The highest BCUT2D eigenvalue weighted by Crippen LogP contribution is 2.32. The summed E-state index contributed by atoms with van der Waals surface area (Å²) < 4.78 is 18.3. The van der Waals surface area contributed by atoms with Gasteiger partial charge in [0, 0.05) is 19.0 Å². The van der Waals surface area contributed by atoms with E-state index in [1.165, 1.54) is 36.5 Å². The number of fused-ring (bicyclic) bond motifs is 2. The molecule has 0 unspecified atom stereocenters. The fraction of sp³-hybridized carbons (Fsp3) is 0.273. The molecule has 4 rings (SSSR count). The molecule has 9 nitrogen and oxygen atoms in total. The highest BCUT2D eigenvalue weighted by atomic mass is 32.1. The first kappa shape index (κ1) is 21.6. The van der Waals surface area contributed by atoms with Crippen LogP contribution < -0.4 is 25.1 Å². The molecule has 0 saturated carbocycles. The lowest BCUT2D eigenvalue weighted by Crippen LogP contribution is -2.22. The van der Waals surface area contributed by atoms with Gasteiger partial charge in [0.2, 0.25) is 5.91 Å². The molecule has 0 spiro atoms. The fourth-order valence-electron chi connectivity index (χ4n) is 3.38. The molecule has 32 heavy (non-hydrogen) atoms. The summed E-state index contributed by atoms with van der Waals surface area (Å²) in [5.74, 6) is 1.46. The maximum absolute atomic E-state index is 12.8. The second-order valence-corrected chi connectivity index (χ2v) is 7.98. The Kier molecular flexibility index (Phi) is 6.22. The molecule has 2 heterocycles. The molecule has 0 aliphatic carbocycles. The van der Waals surface area contributed by atoms with Gasteiger partial charge < -0.3 is 19.5 Å². The Morgan fingerprint density at radius 2 is 1.84 bits per heavy atom. The van der Waals surface area contributed by atoms with Crippen molar-refractivity contribution in [3.63, 3.8) is 0 Å². The van der Waals surface area contributed by atoms with Gasteiger partial charge in [-0.25, -0.2) is 9.97 Å². The number of rotatable bonds is 8. The zero-order valence-electron chi connectivity index (χ0n) is 17.9. The number of ether oxygens (including phenoxy) is 3. The number of methoxy groups -OCH3 is 3. The Hall–Kier alpha value is -3.66. The summed E-state index contributed by atoms with van der Waals surface area (Å²) in [6.45, 7) is 0.358. The van der Waals surface area contributed by atoms with Gasteiger partial charge >= 0.3 is 0 Å². The van der Waals surface area contributed by atoms with E-state index in [0.29, 0.717) is 46.2 Å². The summed E-state index contributed by atoms with van der Waals surface area (Å²) in [4.78, 5) is 34.0. The predicted molar refractivity (Wildman–Crippen MR) is 123 cm³/mol. The number of carbonyl (C=O) groups excluding carboxylic acids is 1. The van der Waals surface area contributed by atoms with Crippen LogP contribution in [0.1, 0.15) is 12.8 Å². The number of thiazole rings is 1. The lowest BCUT2D eigenvalue weighted by atomic mass is 10.2. The predicted octanol–water partition coefficient (Wildman–Crippen LogP) is 3.45. The third-order valence-corrected chi connectivity index (χ3v) is 5.92. The molecule has 2 aromatic carbocycles. The monoisotopic (exact) mass is 454 g/mol. The Balaban J connectivity index is 1.42. The molecule has 0 atom stereocenters. The SMILES string of the molecule is COc1cc2ncn(CCCC(=O)Nc3nc4c(OC)cccc4s3)c(=O)c2cc1OC. The molecule has 1 amide bonds. The summed E-state index contributed by atoms with van der Waals surface area (Å²) in [6.07, 6.45) is 2.19. The van der Waals surface area contributed by atoms with Gasteiger partial charge in [-0.15, -0.1) is 0 Å². The number of anilines is 1. The van der Waals surface area contributed by atoms with Gasteiger partial charge in [0.1, 0.15) is 11.3 Å². The first-order valence-corrected chi connectivity index (χ1v) is 10.7. The van der Waals surface area contributed by atoms with Gasteiger partial charge in [-0.05, 0) is 24.6 Å². The van der Waals surface area contributed by atoms with E-state index in [4.69, 9.17) is 14.2 Å². The van der Waals surface area contributed by atoms with Crippen LogP contribution in [0.4, 0.5) is 5.13 Å². The first-order chi connectivity index (χ1) is 15.5. The fourth-order valence-corrected chi connectivity index (χ4v) is 4.28. The van der Waals surface area contributed by atoms with E-state index in [-0.39, 0.29) is 17.9 Å². The zero-order valence-corrected chi connectivity index (χ0v) is 18.7. The van der Waals surface area contributed by atoms with Gasteiger partial charge in [-0.1, -0.05) is 17.4 Å². The van der Waals surface area contributed by atoms with Crippen LogP contribution in [0.5, 0.6) is 17.2 Å². The van der Waals surface area contributed by atoms with Gasteiger partial charge in [0.05, 0.1) is 43.3 Å². The third-order valence-electron chi connectivity index (χ3n) is 4.98. The minimum Gasteiger partial charge on any atom is -0.494 e. The van der Waals surface area contributed by atoms with E-state index in [1.807, 2.05) is 18.2 Å². The van der Waals surface area contributed by atoms with Crippen molar-refractivity contribution in [3.05, 3.63) is 47.0 Å². The highest BCUT2D eigenvalue weighted by Gasteiger charge is 2.13. The Bertz CT molecular complexity index is 1350. The van der Waals surface area contributed by atoms with Crippen molar-refractivity contribution >= 4 is 43.5 Å². The molecular formula is C22H22N4O5S. The van der Waals surface area contributed by atoms with E-state index >= 15 is 0 Å². The number of amides is 1.